The van der Waals surface area contributed by atoms with Gasteiger partial charge in [-0.2, -0.15) is 13.2 Å². The summed E-state index contributed by atoms with van der Waals surface area (Å²) in [6.45, 7) is 0. The Morgan fingerprint density at radius 3 is 2.43 bits per heavy atom. The van der Waals surface area contributed by atoms with E-state index in [1.54, 1.807) is 0 Å². The summed E-state index contributed by atoms with van der Waals surface area (Å²) in [6, 6.07) is 13.5. The van der Waals surface area contributed by atoms with E-state index < -0.39 is 11.7 Å². The number of imidazole rings is 1. The van der Waals surface area contributed by atoms with Gasteiger partial charge in [-0.05, 0) is 30.2 Å². The Morgan fingerprint density at radius 2 is 1.71 bits per heavy atom. The number of H-pyrrole nitrogens is 1. The number of aromatic nitrogens is 2. The number of alkyl halides is 3. The molecular weight excluding hydrogens is 277 g/mol. The van der Waals surface area contributed by atoms with Gasteiger partial charge in [-0.3, -0.25) is 0 Å². The molecule has 0 atom stereocenters. The summed E-state index contributed by atoms with van der Waals surface area (Å²) in [6.07, 6.45) is -2.86. The predicted octanol–water partition coefficient (Wildman–Crippen LogP) is 4.37. The highest BCUT2D eigenvalue weighted by molar-refractivity contribution is 5.76. The number of benzene rings is 2. The van der Waals surface area contributed by atoms with Crippen molar-refractivity contribution in [2.75, 3.05) is 0 Å². The molecule has 1 N–H and O–H groups in total. The van der Waals surface area contributed by atoms with Crippen LogP contribution in [0.4, 0.5) is 13.2 Å². The van der Waals surface area contributed by atoms with E-state index in [1.807, 2.05) is 30.3 Å². The zero-order valence-corrected chi connectivity index (χ0v) is 11.1. The second-order valence-electron chi connectivity index (χ2n) is 4.90. The third-order valence-corrected chi connectivity index (χ3v) is 3.35. The van der Waals surface area contributed by atoms with Gasteiger partial charge in [0.2, 0.25) is 0 Å². The summed E-state index contributed by atoms with van der Waals surface area (Å²) < 4.78 is 38.0. The first-order valence-corrected chi connectivity index (χ1v) is 6.62. The van der Waals surface area contributed by atoms with Crippen LogP contribution < -0.4 is 0 Å². The molecule has 108 valence electrons. The van der Waals surface area contributed by atoms with Gasteiger partial charge in [0.15, 0.2) is 0 Å². The normalized spacial score (nSPS) is 12.0. The van der Waals surface area contributed by atoms with Gasteiger partial charge < -0.3 is 4.98 Å². The minimum atomic E-state index is -4.33. The van der Waals surface area contributed by atoms with Gasteiger partial charge in [-0.1, -0.05) is 30.3 Å². The number of nitrogens with one attached hydrogen (secondary N) is 1. The molecule has 0 amide bonds. The SMILES string of the molecule is FC(F)(F)c1ccc2nc(CCc3ccccc3)[nH]c2c1. The highest BCUT2D eigenvalue weighted by Gasteiger charge is 2.30. The summed E-state index contributed by atoms with van der Waals surface area (Å²) in [7, 11) is 0. The van der Waals surface area contributed by atoms with Crippen LogP contribution in [0, 0.1) is 0 Å². The highest BCUT2D eigenvalue weighted by Crippen LogP contribution is 2.30. The van der Waals surface area contributed by atoms with E-state index in [1.165, 1.54) is 11.6 Å². The van der Waals surface area contributed by atoms with E-state index >= 15 is 0 Å². The van der Waals surface area contributed by atoms with E-state index in [0.717, 1.165) is 18.6 Å². The Hall–Kier alpha value is -2.30. The summed E-state index contributed by atoms with van der Waals surface area (Å²) in [5.74, 6) is 0.702. The van der Waals surface area contributed by atoms with Gasteiger partial charge in [0.1, 0.15) is 5.82 Å². The molecule has 0 aliphatic carbocycles. The predicted molar refractivity (Wildman–Crippen MR) is 74.9 cm³/mol. The molecule has 0 aliphatic heterocycles. The van der Waals surface area contributed by atoms with Gasteiger partial charge in [0.25, 0.3) is 0 Å². The van der Waals surface area contributed by atoms with Crippen LogP contribution in [0.1, 0.15) is 17.0 Å². The van der Waals surface area contributed by atoms with Crippen molar-refractivity contribution in [3.63, 3.8) is 0 Å². The lowest BCUT2D eigenvalue weighted by Gasteiger charge is -2.05. The number of rotatable bonds is 3. The lowest BCUT2D eigenvalue weighted by molar-refractivity contribution is -0.137. The zero-order chi connectivity index (χ0) is 14.9. The van der Waals surface area contributed by atoms with E-state index in [9.17, 15) is 13.2 Å². The van der Waals surface area contributed by atoms with Crippen LogP contribution in [0.2, 0.25) is 0 Å². The number of hydrogen-bond acceptors (Lipinski definition) is 1. The quantitative estimate of drug-likeness (QED) is 0.762. The maximum atomic E-state index is 12.7. The number of halogens is 3. The Kier molecular flexibility index (Phi) is 3.41. The fourth-order valence-corrected chi connectivity index (χ4v) is 2.26. The van der Waals surface area contributed by atoms with Crippen LogP contribution in [0.5, 0.6) is 0 Å². The zero-order valence-electron chi connectivity index (χ0n) is 11.1. The number of aromatic amines is 1. The molecule has 0 bridgehead atoms. The van der Waals surface area contributed by atoms with Crippen molar-refractivity contribution in [1.82, 2.24) is 9.97 Å². The third kappa shape index (κ3) is 3.07. The second-order valence-corrected chi connectivity index (χ2v) is 4.90. The molecule has 3 rings (SSSR count). The van der Waals surface area contributed by atoms with Gasteiger partial charge >= 0.3 is 6.18 Å². The third-order valence-electron chi connectivity index (χ3n) is 3.35. The Balaban J connectivity index is 1.81. The Bertz CT molecular complexity index is 745. The minimum absolute atomic E-state index is 0.424. The van der Waals surface area contributed by atoms with Crippen LogP contribution in [0.25, 0.3) is 11.0 Å². The standard InChI is InChI=1S/C16H13F3N2/c17-16(18,19)12-7-8-13-14(10-12)21-15(20-13)9-6-11-4-2-1-3-5-11/h1-5,7-8,10H,6,9H2,(H,20,21). The molecule has 21 heavy (non-hydrogen) atoms. The summed E-state index contributed by atoms with van der Waals surface area (Å²) in [5.41, 5.74) is 1.50. The van der Waals surface area contributed by atoms with Gasteiger partial charge in [0.05, 0.1) is 16.6 Å². The molecule has 5 heteroatoms. The van der Waals surface area contributed by atoms with Crippen molar-refractivity contribution < 1.29 is 13.2 Å². The van der Waals surface area contributed by atoms with E-state index in [2.05, 4.69) is 9.97 Å². The highest BCUT2D eigenvalue weighted by atomic mass is 19.4. The van der Waals surface area contributed by atoms with Gasteiger partial charge in [-0.15, -0.1) is 0 Å². The fourth-order valence-electron chi connectivity index (χ4n) is 2.26. The molecule has 0 saturated heterocycles. The maximum Gasteiger partial charge on any atom is 0.416 e. The summed E-state index contributed by atoms with van der Waals surface area (Å²) in [5, 5.41) is 0. The average Bonchev–Trinajstić information content (AvgIpc) is 2.87. The van der Waals surface area contributed by atoms with E-state index in [0.29, 0.717) is 23.3 Å². The largest absolute Gasteiger partial charge is 0.416 e. The molecule has 0 radical (unpaired) electrons. The first kappa shape index (κ1) is 13.7. The molecule has 0 fully saturated rings. The molecule has 3 aromatic rings. The van der Waals surface area contributed by atoms with Gasteiger partial charge in [0, 0.05) is 6.42 Å². The van der Waals surface area contributed by atoms with Crippen LogP contribution in [-0.4, -0.2) is 9.97 Å². The molecule has 2 aromatic carbocycles. The van der Waals surface area contributed by atoms with Crippen LogP contribution in [-0.2, 0) is 19.0 Å². The molecule has 1 heterocycles. The molecule has 0 unspecified atom stereocenters. The van der Waals surface area contributed by atoms with E-state index in [-0.39, 0.29) is 0 Å². The maximum absolute atomic E-state index is 12.7. The topological polar surface area (TPSA) is 28.7 Å². The van der Waals surface area contributed by atoms with E-state index in [4.69, 9.17) is 0 Å². The lowest BCUT2D eigenvalue weighted by atomic mass is 10.1. The molecule has 0 saturated carbocycles. The minimum Gasteiger partial charge on any atom is -0.342 e. The van der Waals surface area contributed by atoms with Crippen LogP contribution >= 0.6 is 0 Å². The summed E-state index contributed by atoms with van der Waals surface area (Å²) in [4.78, 5) is 7.30. The second kappa shape index (κ2) is 5.24. The summed E-state index contributed by atoms with van der Waals surface area (Å²) >= 11 is 0. The molecule has 0 aliphatic rings. The molecular formula is C16H13F3N2. The van der Waals surface area contributed by atoms with Crippen LogP contribution in [0.15, 0.2) is 48.5 Å². The average molecular weight is 290 g/mol. The molecule has 0 spiro atoms. The monoisotopic (exact) mass is 290 g/mol. The number of nitrogens with zero attached hydrogens (tertiary/aromatic N) is 1. The smallest absolute Gasteiger partial charge is 0.342 e. The number of aryl methyl sites for hydroxylation is 2. The van der Waals surface area contributed by atoms with Gasteiger partial charge in [-0.25, -0.2) is 4.98 Å². The van der Waals surface area contributed by atoms with Crippen molar-refractivity contribution in [2.45, 2.75) is 19.0 Å². The van der Waals surface area contributed by atoms with Crippen molar-refractivity contribution in [1.29, 1.82) is 0 Å². The Morgan fingerprint density at radius 1 is 0.952 bits per heavy atom. The number of hydrogen-bond donors (Lipinski definition) is 1. The lowest BCUT2D eigenvalue weighted by Crippen LogP contribution is -2.04. The first-order chi connectivity index (χ1) is 10.0. The first-order valence-electron chi connectivity index (χ1n) is 6.62. The van der Waals surface area contributed by atoms with Crippen LogP contribution in [0.3, 0.4) is 0 Å². The Labute approximate surface area is 119 Å². The molecule has 2 nitrogen and oxygen atoms in total. The van der Waals surface area contributed by atoms with Crippen molar-refractivity contribution >= 4 is 11.0 Å². The van der Waals surface area contributed by atoms with Crippen molar-refractivity contribution in [3.05, 3.63) is 65.5 Å². The number of fused-ring (bicyclic) bond motifs is 1. The fraction of sp³-hybridized carbons (Fsp3) is 0.188. The molecule has 1 aromatic heterocycles. The van der Waals surface area contributed by atoms with Crippen molar-refractivity contribution in [2.24, 2.45) is 0 Å². The van der Waals surface area contributed by atoms with Crippen molar-refractivity contribution in [3.8, 4) is 0 Å².